The lowest BCUT2D eigenvalue weighted by atomic mass is 10.2. The second-order valence-corrected chi connectivity index (χ2v) is 3.95. The number of ether oxygens (including phenoxy) is 1. The van der Waals surface area contributed by atoms with Crippen LogP contribution in [-0.2, 0) is 13.0 Å². The highest BCUT2D eigenvalue weighted by Gasteiger charge is 2.01. The van der Waals surface area contributed by atoms with E-state index in [2.05, 4.69) is 4.98 Å². The molecular formula is C14H15FN2O. The largest absolute Gasteiger partial charge is 0.493 e. The SMILES string of the molecule is NCc1cc(F)cc(OCCc2ccncc2)c1. The average Bonchev–Trinajstić information content (AvgIpc) is 2.39. The molecule has 1 aromatic heterocycles. The standard InChI is InChI=1S/C14H15FN2O/c15-13-7-12(10-16)8-14(9-13)18-6-3-11-1-4-17-5-2-11/h1-2,4-5,7-9H,3,6,10,16H2. The van der Waals surface area contributed by atoms with Crippen LogP contribution in [0.2, 0.25) is 0 Å². The first kappa shape index (κ1) is 12.5. The molecule has 0 fully saturated rings. The third kappa shape index (κ3) is 3.53. The Morgan fingerprint density at radius 2 is 1.89 bits per heavy atom. The Morgan fingerprint density at radius 1 is 1.11 bits per heavy atom. The Hall–Kier alpha value is -1.94. The molecule has 3 nitrogen and oxygen atoms in total. The van der Waals surface area contributed by atoms with Crippen LogP contribution in [0.4, 0.5) is 4.39 Å². The maximum Gasteiger partial charge on any atom is 0.127 e. The van der Waals surface area contributed by atoms with Crippen LogP contribution in [0.15, 0.2) is 42.7 Å². The summed E-state index contributed by atoms with van der Waals surface area (Å²) >= 11 is 0. The molecule has 2 aromatic rings. The van der Waals surface area contributed by atoms with Crippen molar-refractivity contribution in [1.82, 2.24) is 4.98 Å². The zero-order valence-electron chi connectivity index (χ0n) is 9.97. The van der Waals surface area contributed by atoms with Crippen molar-refractivity contribution in [3.8, 4) is 5.75 Å². The molecule has 0 radical (unpaired) electrons. The summed E-state index contributed by atoms with van der Waals surface area (Å²) in [5.41, 5.74) is 7.35. The summed E-state index contributed by atoms with van der Waals surface area (Å²) in [7, 11) is 0. The van der Waals surface area contributed by atoms with Crippen molar-refractivity contribution in [2.75, 3.05) is 6.61 Å². The lowest BCUT2D eigenvalue weighted by molar-refractivity contribution is 0.320. The number of hydrogen-bond donors (Lipinski definition) is 1. The third-order valence-electron chi connectivity index (χ3n) is 2.58. The molecule has 94 valence electrons. The molecule has 0 bridgehead atoms. The van der Waals surface area contributed by atoms with Crippen LogP contribution in [0.1, 0.15) is 11.1 Å². The van der Waals surface area contributed by atoms with E-state index in [0.29, 0.717) is 18.9 Å². The van der Waals surface area contributed by atoms with Gasteiger partial charge in [-0.2, -0.15) is 0 Å². The van der Waals surface area contributed by atoms with E-state index >= 15 is 0 Å². The van der Waals surface area contributed by atoms with Crippen LogP contribution in [-0.4, -0.2) is 11.6 Å². The minimum atomic E-state index is -0.322. The van der Waals surface area contributed by atoms with Gasteiger partial charge in [-0.05, 0) is 35.4 Å². The Labute approximate surface area is 105 Å². The first-order valence-corrected chi connectivity index (χ1v) is 5.79. The van der Waals surface area contributed by atoms with Gasteiger partial charge in [-0.1, -0.05) is 0 Å². The van der Waals surface area contributed by atoms with Gasteiger partial charge in [-0.25, -0.2) is 4.39 Å². The van der Waals surface area contributed by atoms with E-state index in [9.17, 15) is 4.39 Å². The van der Waals surface area contributed by atoms with Gasteiger partial charge < -0.3 is 10.5 Å². The number of rotatable bonds is 5. The van der Waals surface area contributed by atoms with Gasteiger partial charge in [0.1, 0.15) is 11.6 Å². The van der Waals surface area contributed by atoms with Gasteiger partial charge in [0, 0.05) is 31.4 Å². The summed E-state index contributed by atoms with van der Waals surface area (Å²) in [6, 6.07) is 8.40. The molecule has 4 heteroatoms. The molecular weight excluding hydrogens is 231 g/mol. The van der Waals surface area contributed by atoms with Crippen molar-refractivity contribution in [2.24, 2.45) is 5.73 Å². The number of hydrogen-bond acceptors (Lipinski definition) is 3. The summed E-state index contributed by atoms with van der Waals surface area (Å²) in [6.45, 7) is 0.802. The molecule has 0 aliphatic carbocycles. The minimum Gasteiger partial charge on any atom is -0.493 e. The fourth-order valence-corrected chi connectivity index (χ4v) is 1.66. The molecule has 0 saturated heterocycles. The molecule has 2 rings (SSSR count). The molecule has 0 atom stereocenters. The second kappa shape index (κ2) is 6.12. The first-order valence-electron chi connectivity index (χ1n) is 5.79. The normalized spacial score (nSPS) is 10.3. The fourth-order valence-electron chi connectivity index (χ4n) is 1.66. The van der Waals surface area contributed by atoms with Crippen LogP contribution < -0.4 is 10.5 Å². The molecule has 0 aliphatic heterocycles. The van der Waals surface area contributed by atoms with Crippen LogP contribution in [0, 0.1) is 5.82 Å². The lowest BCUT2D eigenvalue weighted by Gasteiger charge is -2.08. The van der Waals surface area contributed by atoms with Gasteiger partial charge in [0.15, 0.2) is 0 Å². The summed E-state index contributed by atoms with van der Waals surface area (Å²) in [6.07, 6.45) is 4.24. The monoisotopic (exact) mass is 246 g/mol. The molecule has 18 heavy (non-hydrogen) atoms. The van der Waals surface area contributed by atoms with Gasteiger partial charge in [-0.3, -0.25) is 4.98 Å². The van der Waals surface area contributed by atoms with Crippen molar-refractivity contribution >= 4 is 0 Å². The van der Waals surface area contributed by atoms with Crippen LogP contribution in [0.3, 0.4) is 0 Å². The number of benzene rings is 1. The van der Waals surface area contributed by atoms with Gasteiger partial charge in [0.2, 0.25) is 0 Å². The highest BCUT2D eigenvalue weighted by atomic mass is 19.1. The summed E-state index contributed by atoms with van der Waals surface area (Å²) in [5, 5.41) is 0. The minimum absolute atomic E-state index is 0.304. The van der Waals surface area contributed by atoms with Gasteiger partial charge in [0.05, 0.1) is 6.61 Å². The van der Waals surface area contributed by atoms with Crippen molar-refractivity contribution < 1.29 is 9.13 Å². The van der Waals surface area contributed by atoms with Crippen molar-refractivity contribution in [1.29, 1.82) is 0 Å². The van der Waals surface area contributed by atoms with E-state index in [1.165, 1.54) is 12.1 Å². The number of aromatic nitrogens is 1. The topological polar surface area (TPSA) is 48.1 Å². The van der Waals surface area contributed by atoms with Gasteiger partial charge in [-0.15, -0.1) is 0 Å². The molecule has 2 N–H and O–H groups in total. The molecule has 0 saturated carbocycles. The summed E-state index contributed by atoms with van der Waals surface area (Å²) in [4.78, 5) is 3.94. The number of pyridine rings is 1. The van der Waals surface area contributed by atoms with E-state index < -0.39 is 0 Å². The number of nitrogens with zero attached hydrogens (tertiary/aromatic N) is 1. The van der Waals surface area contributed by atoms with Crippen LogP contribution >= 0.6 is 0 Å². The summed E-state index contributed by atoms with van der Waals surface area (Å²) in [5.74, 6) is 0.196. The molecule has 0 aliphatic rings. The lowest BCUT2D eigenvalue weighted by Crippen LogP contribution is -2.03. The van der Waals surface area contributed by atoms with E-state index in [0.717, 1.165) is 17.5 Å². The smallest absolute Gasteiger partial charge is 0.127 e. The van der Waals surface area contributed by atoms with Crippen LogP contribution in [0.25, 0.3) is 0 Å². The fraction of sp³-hybridized carbons (Fsp3) is 0.214. The zero-order valence-corrected chi connectivity index (χ0v) is 9.97. The Kier molecular flexibility index (Phi) is 4.25. The van der Waals surface area contributed by atoms with E-state index in [1.807, 2.05) is 12.1 Å². The van der Waals surface area contributed by atoms with E-state index in [4.69, 9.17) is 10.5 Å². The molecule has 0 spiro atoms. The van der Waals surface area contributed by atoms with E-state index in [-0.39, 0.29) is 5.82 Å². The molecule has 1 heterocycles. The highest BCUT2D eigenvalue weighted by molar-refractivity contribution is 5.29. The maximum absolute atomic E-state index is 13.2. The predicted molar refractivity (Wildman–Crippen MR) is 67.7 cm³/mol. The first-order chi connectivity index (χ1) is 8.78. The highest BCUT2D eigenvalue weighted by Crippen LogP contribution is 2.16. The van der Waals surface area contributed by atoms with Crippen LogP contribution in [0.5, 0.6) is 5.75 Å². The Morgan fingerprint density at radius 3 is 2.61 bits per heavy atom. The number of halogens is 1. The Bertz CT molecular complexity index is 502. The quantitative estimate of drug-likeness (QED) is 0.880. The van der Waals surface area contributed by atoms with Crippen molar-refractivity contribution in [3.63, 3.8) is 0 Å². The maximum atomic E-state index is 13.2. The third-order valence-corrected chi connectivity index (χ3v) is 2.58. The average molecular weight is 246 g/mol. The number of nitrogens with two attached hydrogens (primary N) is 1. The van der Waals surface area contributed by atoms with Gasteiger partial charge >= 0.3 is 0 Å². The van der Waals surface area contributed by atoms with Crippen molar-refractivity contribution in [2.45, 2.75) is 13.0 Å². The van der Waals surface area contributed by atoms with Gasteiger partial charge in [0.25, 0.3) is 0 Å². The Balaban J connectivity index is 1.92. The van der Waals surface area contributed by atoms with E-state index in [1.54, 1.807) is 18.5 Å². The van der Waals surface area contributed by atoms with Crippen molar-refractivity contribution in [3.05, 3.63) is 59.7 Å². The molecule has 1 aromatic carbocycles. The zero-order chi connectivity index (χ0) is 12.8. The summed E-state index contributed by atoms with van der Waals surface area (Å²) < 4.78 is 18.7. The molecule has 0 amide bonds. The molecule has 0 unspecified atom stereocenters. The second-order valence-electron chi connectivity index (χ2n) is 3.95. The predicted octanol–water partition coefficient (Wildman–Crippen LogP) is 2.30.